The van der Waals surface area contributed by atoms with E-state index in [4.69, 9.17) is 5.26 Å². The van der Waals surface area contributed by atoms with E-state index in [1.807, 2.05) is 6.07 Å². The highest BCUT2D eigenvalue weighted by Crippen LogP contribution is 2.21. The number of hydrogen-bond acceptors (Lipinski definition) is 5. The molecule has 1 aromatic rings. The number of anilines is 1. The highest BCUT2D eigenvalue weighted by molar-refractivity contribution is 5.93. The lowest BCUT2D eigenvalue weighted by molar-refractivity contribution is -0.144. The number of ether oxygens (including phenoxy) is 1. The molecule has 110 valence electrons. The summed E-state index contributed by atoms with van der Waals surface area (Å²) in [5.41, 5.74) is 0.864. The Balaban J connectivity index is 2.11. The minimum atomic E-state index is -0.802. The summed E-state index contributed by atoms with van der Waals surface area (Å²) in [5, 5.41) is 21.1. The van der Waals surface area contributed by atoms with E-state index >= 15 is 0 Å². The van der Waals surface area contributed by atoms with E-state index in [9.17, 15) is 14.7 Å². The Kier molecular flexibility index (Phi) is 4.40. The van der Waals surface area contributed by atoms with Crippen molar-refractivity contribution >= 4 is 17.7 Å². The van der Waals surface area contributed by atoms with Gasteiger partial charge in [-0.2, -0.15) is 5.26 Å². The van der Waals surface area contributed by atoms with Crippen molar-refractivity contribution in [2.75, 3.05) is 19.0 Å². The van der Waals surface area contributed by atoms with Crippen LogP contribution in [-0.4, -0.2) is 47.8 Å². The predicted octanol–water partition coefficient (Wildman–Crippen LogP) is 0.698. The monoisotopic (exact) mass is 289 g/mol. The van der Waals surface area contributed by atoms with Crippen molar-refractivity contribution in [1.29, 1.82) is 5.26 Å². The molecule has 2 N–H and O–H groups in total. The summed E-state index contributed by atoms with van der Waals surface area (Å²) >= 11 is 0. The summed E-state index contributed by atoms with van der Waals surface area (Å²) in [4.78, 5) is 25.1. The van der Waals surface area contributed by atoms with E-state index in [1.54, 1.807) is 18.2 Å². The van der Waals surface area contributed by atoms with E-state index in [0.29, 0.717) is 11.3 Å². The minimum absolute atomic E-state index is 0.0591. The zero-order valence-electron chi connectivity index (χ0n) is 11.4. The fraction of sp³-hybridized carbons (Fsp3) is 0.357. The number of benzene rings is 1. The topological polar surface area (TPSA) is 103 Å². The third-order valence-electron chi connectivity index (χ3n) is 3.26. The number of nitrogens with zero attached hydrogens (tertiary/aromatic N) is 2. The lowest BCUT2D eigenvalue weighted by atomic mass is 10.2. The summed E-state index contributed by atoms with van der Waals surface area (Å²) in [7, 11) is 1.24. The van der Waals surface area contributed by atoms with E-state index in [0.717, 1.165) is 0 Å². The second kappa shape index (κ2) is 6.24. The van der Waals surface area contributed by atoms with Gasteiger partial charge in [-0.25, -0.2) is 9.59 Å². The van der Waals surface area contributed by atoms with Gasteiger partial charge in [0, 0.05) is 18.7 Å². The van der Waals surface area contributed by atoms with Crippen molar-refractivity contribution in [3.8, 4) is 6.07 Å². The molecule has 0 radical (unpaired) electrons. The van der Waals surface area contributed by atoms with Gasteiger partial charge in [0.25, 0.3) is 0 Å². The van der Waals surface area contributed by atoms with Crippen LogP contribution in [0.25, 0.3) is 0 Å². The summed E-state index contributed by atoms with van der Waals surface area (Å²) in [6.07, 6.45) is -0.608. The number of nitrogens with one attached hydrogen (secondary N) is 1. The van der Waals surface area contributed by atoms with Crippen LogP contribution in [-0.2, 0) is 9.53 Å². The van der Waals surface area contributed by atoms with Gasteiger partial charge in [-0.05, 0) is 18.2 Å². The second-order valence-corrected chi connectivity index (χ2v) is 4.70. The first-order valence-electron chi connectivity index (χ1n) is 6.39. The molecule has 2 atom stereocenters. The number of aliphatic hydroxyl groups excluding tert-OH is 1. The van der Waals surface area contributed by atoms with Crippen molar-refractivity contribution in [2.45, 2.75) is 18.6 Å². The van der Waals surface area contributed by atoms with Crippen molar-refractivity contribution in [2.24, 2.45) is 0 Å². The van der Waals surface area contributed by atoms with Crippen LogP contribution in [0.2, 0.25) is 0 Å². The number of aliphatic hydroxyl groups is 1. The molecule has 7 nitrogen and oxygen atoms in total. The second-order valence-electron chi connectivity index (χ2n) is 4.70. The molecule has 21 heavy (non-hydrogen) atoms. The van der Waals surface area contributed by atoms with Crippen molar-refractivity contribution in [3.05, 3.63) is 29.8 Å². The lowest BCUT2D eigenvalue weighted by Gasteiger charge is -2.22. The maximum Gasteiger partial charge on any atom is 0.328 e. The van der Waals surface area contributed by atoms with Crippen LogP contribution in [0, 0.1) is 11.3 Å². The van der Waals surface area contributed by atoms with Gasteiger partial charge in [0.05, 0.1) is 24.8 Å². The lowest BCUT2D eigenvalue weighted by Crippen LogP contribution is -2.43. The molecule has 0 saturated carbocycles. The van der Waals surface area contributed by atoms with Crippen LogP contribution in [0.5, 0.6) is 0 Å². The van der Waals surface area contributed by atoms with Crippen molar-refractivity contribution in [1.82, 2.24) is 4.90 Å². The predicted molar refractivity (Wildman–Crippen MR) is 73.3 cm³/mol. The molecule has 0 bridgehead atoms. The third-order valence-corrected chi connectivity index (χ3v) is 3.26. The molecule has 2 unspecified atom stereocenters. The Morgan fingerprint density at radius 3 is 2.95 bits per heavy atom. The quantitative estimate of drug-likeness (QED) is 0.780. The third kappa shape index (κ3) is 3.30. The van der Waals surface area contributed by atoms with Gasteiger partial charge in [0.15, 0.2) is 0 Å². The first-order valence-corrected chi connectivity index (χ1v) is 6.39. The molecule has 2 rings (SSSR count). The van der Waals surface area contributed by atoms with Crippen LogP contribution in [0.1, 0.15) is 12.0 Å². The minimum Gasteiger partial charge on any atom is -0.467 e. The molecule has 1 saturated heterocycles. The number of β-amino-alcohol motifs (C(OH)–C–C–N with tert-alkyl or cyclic N) is 1. The van der Waals surface area contributed by atoms with Crippen molar-refractivity contribution < 1.29 is 19.4 Å². The number of nitriles is 1. The van der Waals surface area contributed by atoms with Crippen molar-refractivity contribution in [3.63, 3.8) is 0 Å². The number of amides is 2. The van der Waals surface area contributed by atoms with Gasteiger partial charge in [0.1, 0.15) is 6.04 Å². The van der Waals surface area contributed by atoms with E-state index < -0.39 is 24.1 Å². The number of esters is 1. The molecule has 2 amide bonds. The van der Waals surface area contributed by atoms with Gasteiger partial charge in [-0.15, -0.1) is 0 Å². The molecule has 1 aromatic carbocycles. The SMILES string of the molecule is COC(=O)C1CC(O)CN1C(=O)Nc1cccc(C#N)c1. The van der Waals surface area contributed by atoms with Gasteiger partial charge in [0.2, 0.25) is 0 Å². The van der Waals surface area contributed by atoms with Crippen LogP contribution in [0.4, 0.5) is 10.5 Å². The molecule has 0 aliphatic carbocycles. The Morgan fingerprint density at radius 1 is 1.52 bits per heavy atom. The Hall–Kier alpha value is -2.59. The molecule has 0 spiro atoms. The normalized spacial score (nSPS) is 20.7. The molecule has 1 aliphatic heterocycles. The Morgan fingerprint density at radius 2 is 2.29 bits per heavy atom. The summed E-state index contributed by atoms with van der Waals surface area (Å²) in [6, 6.07) is 7.08. The van der Waals surface area contributed by atoms with Gasteiger partial charge in [-0.3, -0.25) is 0 Å². The maximum atomic E-state index is 12.2. The highest BCUT2D eigenvalue weighted by Gasteiger charge is 2.39. The zero-order valence-corrected chi connectivity index (χ0v) is 11.4. The van der Waals surface area contributed by atoms with E-state index in [2.05, 4.69) is 10.1 Å². The number of carbonyl (C=O) groups is 2. The number of methoxy groups -OCH3 is 1. The number of rotatable bonds is 2. The molecule has 7 heteroatoms. The largest absolute Gasteiger partial charge is 0.467 e. The van der Waals surface area contributed by atoms with Gasteiger partial charge >= 0.3 is 12.0 Å². The first kappa shape index (κ1) is 14.8. The molecule has 1 heterocycles. The fourth-order valence-corrected chi connectivity index (χ4v) is 2.26. The first-order chi connectivity index (χ1) is 10.0. The average Bonchev–Trinajstić information content (AvgIpc) is 2.88. The van der Waals surface area contributed by atoms with Gasteiger partial charge < -0.3 is 20.1 Å². The molecular formula is C14H15N3O4. The van der Waals surface area contributed by atoms with Crippen LogP contribution in [0.3, 0.4) is 0 Å². The number of urea groups is 1. The maximum absolute atomic E-state index is 12.2. The molecular weight excluding hydrogens is 274 g/mol. The van der Waals surface area contributed by atoms with Crippen LogP contribution < -0.4 is 5.32 Å². The fourth-order valence-electron chi connectivity index (χ4n) is 2.26. The van der Waals surface area contributed by atoms with Crippen LogP contribution >= 0.6 is 0 Å². The average molecular weight is 289 g/mol. The summed E-state index contributed by atoms with van der Waals surface area (Å²) < 4.78 is 4.63. The summed E-state index contributed by atoms with van der Waals surface area (Å²) in [6.45, 7) is 0.0591. The van der Waals surface area contributed by atoms with E-state index in [-0.39, 0.29) is 13.0 Å². The smallest absolute Gasteiger partial charge is 0.328 e. The molecule has 0 aromatic heterocycles. The summed E-state index contributed by atoms with van der Waals surface area (Å²) in [5.74, 6) is -0.563. The standard InChI is InChI=1S/C14H15N3O4/c1-21-13(19)12-6-11(18)8-17(12)14(20)16-10-4-2-3-9(5-10)7-15/h2-5,11-12,18H,6,8H2,1H3,(H,16,20). The number of carbonyl (C=O) groups excluding carboxylic acids is 2. The van der Waals surface area contributed by atoms with E-state index in [1.165, 1.54) is 18.1 Å². The zero-order chi connectivity index (χ0) is 15.4. The van der Waals surface area contributed by atoms with Crippen LogP contribution in [0.15, 0.2) is 24.3 Å². The molecule has 1 aliphatic rings. The van der Waals surface area contributed by atoms with Gasteiger partial charge in [-0.1, -0.05) is 6.07 Å². The molecule has 1 fully saturated rings. The number of hydrogen-bond donors (Lipinski definition) is 2. The Labute approximate surface area is 121 Å². The highest BCUT2D eigenvalue weighted by atomic mass is 16.5. The number of likely N-dealkylation sites (tertiary alicyclic amines) is 1. The Bertz CT molecular complexity index is 596.